The molecule has 0 bridgehead atoms. The standard InChI is InChI=1S/C14H13ClN2O3/c1-20-12-7-2-9(8-16-12)13(14(18)19)17-11-5-3-10(15)4-6-11/h2-8,13,17H,1H3,(H,18,19). The highest BCUT2D eigenvalue weighted by molar-refractivity contribution is 6.30. The molecule has 20 heavy (non-hydrogen) atoms. The lowest BCUT2D eigenvalue weighted by atomic mass is 10.1. The van der Waals surface area contributed by atoms with E-state index in [9.17, 15) is 9.90 Å². The van der Waals surface area contributed by atoms with Crippen molar-refractivity contribution in [3.05, 3.63) is 53.2 Å². The van der Waals surface area contributed by atoms with Crippen LogP contribution in [0.1, 0.15) is 11.6 Å². The fourth-order valence-corrected chi connectivity index (χ4v) is 1.81. The number of ether oxygens (including phenoxy) is 1. The quantitative estimate of drug-likeness (QED) is 0.886. The Morgan fingerprint density at radius 1 is 1.30 bits per heavy atom. The third kappa shape index (κ3) is 3.39. The number of hydrogen-bond acceptors (Lipinski definition) is 4. The number of aromatic nitrogens is 1. The summed E-state index contributed by atoms with van der Waals surface area (Å²) >= 11 is 5.79. The van der Waals surface area contributed by atoms with Crippen LogP contribution >= 0.6 is 11.6 Å². The molecule has 0 aliphatic carbocycles. The molecule has 2 N–H and O–H groups in total. The highest BCUT2D eigenvalue weighted by Crippen LogP contribution is 2.22. The van der Waals surface area contributed by atoms with Crippen molar-refractivity contribution in [2.45, 2.75) is 6.04 Å². The van der Waals surface area contributed by atoms with Crippen LogP contribution in [-0.4, -0.2) is 23.2 Å². The summed E-state index contributed by atoms with van der Waals surface area (Å²) in [4.78, 5) is 15.4. The van der Waals surface area contributed by atoms with Crippen LogP contribution in [0, 0.1) is 0 Å². The fraction of sp³-hybridized carbons (Fsp3) is 0.143. The maximum Gasteiger partial charge on any atom is 0.330 e. The fourth-order valence-electron chi connectivity index (χ4n) is 1.68. The van der Waals surface area contributed by atoms with Crippen molar-refractivity contribution in [3.63, 3.8) is 0 Å². The number of benzene rings is 1. The molecular formula is C14H13ClN2O3. The lowest BCUT2D eigenvalue weighted by Crippen LogP contribution is -2.20. The van der Waals surface area contributed by atoms with Gasteiger partial charge in [-0.05, 0) is 30.3 Å². The van der Waals surface area contributed by atoms with Crippen molar-refractivity contribution in [1.82, 2.24) is 4.98 Å². The Labute approximate surface area is 121 Å². The smallest absolute Gasteiger partial charge is 0.330 e. The molecule has 5 nitrogen and oxygen atoms in total. The number of aliphatic carboxylic acids is 1. The van der Waals surface area contributed by atoms with Crippen LogP contribution in [0.3, 0.4) is 0 Å². The summed E-state index contributed by atoms with van der Waals surface area (Å²) in [6, 6.07) is 9.20. The number of carbonyl (C=O) groups is 1. The summed E-state index contributed by atoms with van der Waals surface area (Å²) in [6.45, 7) is 0. The normalized spacial score (nSPS) is 11.7. The molecule has 104 valence electrons. The van der Waals surface area contributed by atoms with Gasteiger partial charge in [-0.25, -0.2) is 9.78 Å². The minimum atomic E-state index is -0.994. The van der Waals surface area contributed by atoms with Crippen molar-refractivity contribution in [2.75, 3.05) is 12.4 Å². The molecule has 1 aromatic carbocycles. The number of carboxylic acid groups (broad SMARTS) is 1. The van der Waals surface area contributed by atoms with Gasteiger partial charge in [0.05, 0.1) is 7.11 Å². The van der Waals surface area contributed by atoms with E-state index >= 15 is 0 Å². The number of hydrogen-bond donors (Lipinski definition) is 2. The Kier molecular flexibility index (Phi) is 4.42. The Morgan fingerprint density at radius 2 is 2.00 bits per heavy atom. The number of rotatable bonds is 5. The average Bonchev–Trinajstić information content (AvgIpc) is 2.46. The maximum atomic E-state index is 11.4. The van der Waals surface area contributed by atoms with E-state index in [0.717, 1.165) is 0 Å². The van der Waals surface area contributed by atoms with Gasteiger partial charge in [0.2, 0.25) is 5.88 Å². The number of halogens is 1. The van der Waals surface area contributed by atoms with Gasteiger partial charge in [0.25, 0.3) is 0 Å². The molecule has 1 atom stereocenters. The molecule has 6 heteroatoms. The van der Waals surface area contributed by atoms with Crippen LogP contribution in [0.15, 0.2) is 42.6 Å². The Balaban J connectivity index is 2.22. The van der Waals surface area contributed by atoms with Gasteiger partial charge in [-0.3, -0.25) is 0 Å². The third-order valence-corrected chi connectivity index (χ3v) is 2.96. The molecular weight excluding hydrogens is 280 g/mol. The van der Waals surface area contributed by atoms with Crippen LogP contribution in [0.25, 0.3) is 0 Å². The molecule has 0 aliphatic rings. The summed E-state index contributed by atoms with van der Waals surface area (Å²) < 4.78 is 4.95. The zero-order valence-electron chi connectivity index (χ0n) is 10.7. The first-order valence-corrected chi connectivity index (χ1v) is 6.23. The monoisotopic (exact) mass is 292 g/mol. The Morgan fingerprint density at radius 3 is 2.50 bits per heavy atom. The van der Waals surface area contributed by atoms with Crippen molar-refractivity contribution in [3.8, 4) is 5.88 Å². The zero-order chi connectivity index (χ0) is 14.5. The predicted octanol–water partition coefficient (Wildman–Crippen LogP) is 2.98. The van der Waals surface area contributed by atoms with Crippen molar-refractivity contribution >= 4 is 23.3 Å². The molecule has 0 spiro atoms. The van der Waals surface area contributed by atoms with Gasteiger partial charge in [0, 0.05) is 28.5 Å². The largest absolute Gasteiger partial charge is 0.481 e. The maximum absolute atomic E-state index is 11.4. The van der Waals surface area contributed by atoms with E-state index in [1.165, 1.54) is 13.3 Å². The van der Waals surface area contributed by atoms with E-state index < -0.39 is 12.0 Å². The van der Waals surface area contributed by atoms with Crippen LogP contribution in [0.5, 0.6) is 5.88 Å². The van der Waals surface area contributed by atoms with Gasteiger partial charge >= 0.3 is 5.97 Å². The molecule has 0 fully saturated rings. The number of methoxy groups -OCH3 is 1. The van der Waals surface area contributed by atoms with Crippen molar-refractivity contribution < 1.29 is 14.6 Å². The lowest BCUT2D eigenvalue weighted by molar-refractivity contribution is -0.138. The zero-order valence-corrected chi connectivity index (χ0v) is 11.5. The van der Waals surface area contributed by atoms with Crippen LogP contribution in [-0.2, 0) is 4.79 Å². The highest BCUT2D eigenvalue weighted by atomic mass is 35.5. The molecule has 2 aromatic rings. The molecule has 0 saturated heterocycles. The van der Waals surface area contributed by atoms with Crippen molar-refractivity contribution in [1.29, 1.82) is 0 Å². The summed E-state index contributed by atoms with van der Waals surface area (Å²) in [5.74, 6) is -0.559. The van der Waals surface area contributed by atoms with Crippen LogP contribution < -0.4 is 10.1 Å². The first-order chi connectivity index (χ1) is 9.60. The van der Waals surface area contributed by atoms with Gasteiger partial charge in [-0.15, -0.1) is 0 Å². The van der Waals surface area contributed by atoms with Crippen LogP contribution in [0.2, 0.25) is 5.02 Å². The number of nitrogens with one attached hydrogen (secondary N) is 1. The van der Waals surface area contributed by atoms with E-state index in [0.29, 0.717) is 22.2 Å². The average molecular weight is 293 g/mol. The molecule has 0 amide bonds. The molecule has 1 unspecified atom stereocenters. The van der Waals surface area contributed by atoms with Gasteiger partial charge in [-0.1, -0.05) is 11.6 Å². The number of nitrogens with zero attached hydrogens (tertiary/aromatic N) is 1. The molecule has 0 aliphatic heterocycles. The van der Waals surface area contributed by atoms with Crippen molar-refractivity contribution in [2.24, 2.45) is 0 Å². The van der Waals surface area contributed by atoms with Gasteiger partial charge in [-0.2, -0.15) is 0 Å². The van der Waals surface area contributed by atoms with E-state index in [4.69, 9.17) is 16.3 Å². The van der Waals surface area contributed by atoms with Gasteiger partial charge in [0.15, 0.2) is 6.04 Å². The second kappa shape index (κ2) is 6.25. The number of pyridine rings is 1. The second-order valence-electron chi connectivity index (χ2n) is 4.06. The number of anilines is 1. The van der Waals surface area contributed by atoms with E-state index in [1.807, 2.05) is 0 Å². The second-order valence-corrected chi connectivity index (χ2v) is 4.49. The van der Waals surface area contributed by atoms with Gasteiger partial charge < -0.3 is 15.2 Å². The first-order valence-electron chi connectivity index (χ1n) is 5.85. The minimum absolute atomic E-state index is 0.435. The SMILES string of the molecule is COc1ccc(C(Nc2ccc(Cl)cc2)C(=O)O)cn1. The number of carboxylic acids is 1. The predicted molar refractivity (Wildman–Crippen MR) is 76.2 cm³/mol. The molecule has 1 aromatic heterocycles. The lowest BCUT2D eigenvalue weighted by Gasteiger charge is -2.16. The first kappa shape index (κ1) is 14.1. The summed E-state index contributed by atoms with van der Waals surface area (Å²) in [5.41, 5.74) is 1.20. The summed E-state index contributed by atoms with van der Waals surface area (Å²) in [5, 5.41) is 12.8. The molecule has 2 rings (SSSR count). The Bertz CT molecular complexity index is 584. The third-order valence-electron chi connectivity index (χ3n) is 2.70. The molecule has 1 heterocycles. The summed E-state index contributed by atoms with van der Waals surface area (Å²) in [7, 11) is 1.50. The molecule has 0 radical (unpaired) electrons. The molecule has 0 saturated carbocycles. The van der Waals surface area contributed by atoms with E-state index in [-0.39, 0.29) is 0 Å². The highest BCUT2D eigenvalue weighted by Gasteiger charge is 2.20. The topological polar surface area (TPSA) is 71.5 Å². The minimum Gasteiger partial charge on any atom is -0.481 e. The van der Waals surface area contributed by atoms with Gasteiger partial charge in [0.1, 0.15) is 0 Å². The van der Waals surface area contributed by atoms with E-state index in [2.05, 4.69) is 10.3 Å². The van der Waals surface area contributed by atoms with E-state index in [1.54, 1.807) is 36.4 Å². The summed E-state index contributed by atoms with van der Waals surface area (Å²) in [6.07, 6.45) is 1.47. The Hall–Kier alpha value is -2.27. The van der Waals surface area contributed by atoms with Crippen LogP contribution in [0.4, 0.5) is 5.69 Å².